The minimum atomic E-state index is -3.14. The number of rotatable bonds is 5. The number of aromatic nitrogens is 2. The Morgan fingerprint density at radius 3 is 2.54 bits per heavy atom. The zero-order valence-corrected chi connectivity index (χ0v) is 15.3. The maximum Gasteiger partial charge on any atom is 0.219 e. The molecule has 1 aromatic heterocycles. The maximum atomic E-state index is 12.0. The molecule has 0 unspecified atom stereocenters. The van der Waals surface area contributed by atoms with E-state index < -0.39 is 10.0 Å². The molecule has 2 aliphatic rings. The molecule has 2 atom stereocenters. The third kappa shape index (κ3) is 3.53. The first-order chi connectivity index (χ1) is 11.2. The van der Waals surface area contributed by atoms with Gasteiger partial charge in [0, 0.05) is 62.6 Å². The van der Waals surface area contributed by atoms with Gasteiger partial charge in [0.25, 0.3) is 0 Å². The molecule has 2 saturated heterocycles. The fraction of sp³-hybridized carbons (Fsp3) is 0.733. The smallest absolute Gasteiger partial charge is 0.219 e. The number of fused-ring (bicyclic) bond motifs is 1. The number of hydrogen-bond acceptors (Lipinski definition) is 7. The van der Waals surface area contributed by atoms with Gasteiger partial charge < -0.3 is 10.6 Å². The zero-order valence-electron chi connectivity index (χ0n) is 14.5. The van der Waals surface area contributed by atoms with Crippen LogP contribution >= 0.6 is 0 Å². The number of nitrogen functional groups attached to an aromatic ring is 1. The van der Waals surface area contributed by atoms with Crippen molar-refractivity contribution in [2.24, 2.45) is 11.3 Å². The van der Waals surface area contributed by atoms with Crippen molar-refractivity contribution in [1.82, 2.24) is 24.1 Å². The molecule has 3 rings (SSSR count). The van der Waals surface area contributed by atoms with E-state index in [-0.39, 0.29) is 11.4 Å². The first-order valence-electron chi connectivity index (χ1n) is 8.06. The highest BCUT2D eigenvalue weighted by molar-refractivity contribution is 7.88. The monoisotopic (exact) mass is 354 g/mol. The Labute approximate surface area is 143 Å². The third-order valence-electron chi connectivity index (χ3n) is 5.03. The molecule has 134 valence electrons. The molecule has 0 spiro atoms. The van der Waals surface area contributed by atoms with Crippen molar-refractivity contribution in [3.63, 3.8) is 0 Å². The Hall–Kier alpha value is -1.29. The lowest BCUT2D eigenvalue weighted by Gasteiger charge is -2.32. The van der Waals surface area contributed by atoms with Gasteiger partial charge in [0.05, 0.1) is 6.26 Å². The summed E-state index contributed by atoms with van der Waals surface area (Å²) in [6, 6.07) is 0. The predicted molar refractivity (Wildman–Crippen MR) is 92.6 cm³/mol. The highest BCUT2D eigenvalue weighted by Gasteiger charge is 2.54. The molecule has 3 heterocycles. The summed E-state index contributed by atoms with van der Waals surface area (Å²) in [5.74, 6) is 0.634. The summed E-state index contributed by atoms with van der Waals surface area (Å²) in [7, 11) is 0.957. The van der Waals surface area contributed by atoms with Crippen LogP contribution in [0.5, 0.6) is 0 Å². The average molecular weight is 354 g/mol. The van der Waals surface area contributed by atoms with Crippen LogP contribution in [0.2, 0.25) is 0 Å². The lowest BCUT2D eigenvalue weighted by Crippen LogP contribution is -2.42. The molecule has 0 radical (unpaired) electrons. The number of sulfonamides is 1. The Morgan fingerprint density at radius 1 is 1.29 bits per heavy atom. The van der Waals surface area contributed by atoms with Gasteiger partial charge in [0.15, 0.2) is 0 Å². The number of hydrogen-bond donors (Lipinski definition) is 1. The van der Waals surface area contributed by atoms with Gasteiger partial charge >= 0.3 is 0 Å². The lowest BCUT2D eigenvalue weighted by atomic mass is 9.80. The summed E-state index contributed by atoms with van der Waals surface area (Å²) in [6.45, 7) is 4.64. The third-order valence-corrected chi connectivity index (χ3v) is 6.25. The molecule has 2 fully saturated rings. The number of anilines is 1. The number of likely N-dealkylation sites (tertiary alicyclic amines) is 1. The average Bonchev–Trinajstić information content (AvgIpc) is 2.93. The molecule has 0 aliphatic carbocycles. The first-order valence-corrected chi connectivity index (χ1v) is 9.91. The van der Waals surface area contributed by atoms with Crippen molar-refractivity contribution in [1.29, 1.82) is 0 Å². The molecular formula is C15H26N6O2S. The van der Waals surface area contributed by atoms with Crippen LogP contribution in [0.3, 0.4) is 0 Å². The second kappa shape index (κ2) is 6.21. The standard InChI is InChI=1S/C15H26N6O2S/c1-19(2)9-15-10-20(6-12-4-17-14(16)18-5-12)7-13(15)8-21(11-15)24(3,22)23/h4-5,13H,6-11H2,1-3H3,(H2,16,17,18)/t13-,15+/m0/s1. The fourth-order valence-corrected chi connectivity index (χ4v) is 5.12. The van der Waals surface area contributed by atoms with Crippen LogP contribution in [0, 0.1) is 11.3 Å². The van der Waals surface area contributed by atoms with Gasteiger partial charge in [-0.1, -0.05) is 0 Å². The van der Waals surface area contributed by atoms with Crippen LogP contribution in [0.25, 0.3) is 0 Å². The second-order valence-electron chi connectivity index (χ2n) is 7.47. The van der Waals surface area contributed by atoms with Gasteiger partial charge in [-0.2, -0.15) is 0 Å². The van der Waals surface area contributed by atoms with Crippen LogP contribution in [-0.4, -0.2) is 85.6 Å². The van der Waals surface area contributed by atoms with E-state index in [4.69, 9.17) is 5.73 Å². The van der Waals surface area contributed by atoms with Crippen molar-refractivity contribution in [2.75, 3.05) is 58.8 Å². The van der Waals surface area contributed by atoms with Crippen LogP contribution in [0.1, 0.15) is 5.56 Å². The quantitative estimate of drug-likeness (QED) is 0.748. The summed E-state index contributed by atoms with van der Waals surface area (Å²) < 4.78 is 25.6. The Balaban J connectivity index is 1.75. The lowest BCUT2D eigenvalue weighted by molar-refractivity contribution is 0.178. The molecule has 2 N–H and O–H groups in total. The largest absolute Gasteiger partial charge is 0.368 e. The summed E-state index contributed by atoms with van der Waals surface area (Å²) in [5, 5.41) is 0. The minimum absolute atomic E-state index is 0.0127. The van der Waals surface area contributed by atoms with E-state index in [0.29, 0.717) is 19.0 Å². The molecule has 0 saturated carbocycles. The van der Waals surface area contributed by atoms with Crippen LogP contribution < -0.4 is 5.73 Å². The molecule has 0 bridgehead atoms. The predicted octanol–water partition coefficient (Wildman–Crippen LogP) is -0.686. The molecule has 1 aromatic rings. The Morgan fingerprint density at radius 2 is 1.96 bits per heavy atom. The van der Waals surface area contributed by atoms with E-state index in [0.717, 1.165) is 31.7 Å². The minimum Gasteiger partial charge on any atom is -0.368 e. The van der Waals surface area contributed by atoms with Crippen LogP contribution in [-0.2, 0) is 16.6 Å². The van der Waals surface area contributed by atoms with Gasteiger partial charge in [0.1, 0.15) is 0 Å². The zero-order chi connectivity index (χ0) is 17.5. The molecule has 0 amide bonds. The van der Waals surface area contributed by atoms with Crippen molar-refractivity contribution < 1.29 is 8.42 Å². The molecule has 9 heteroatoms. The molecule has 8 nitrogen and oxygen atoms in total. The van der Waals surface area contributed by atoms with Crippen molar-refractivity contribution in [2.45, 2.75) is 6.54 Å². The molecule has 24 heavy (non-hydrogen) atoms. The summed E-state index contributed by atoms with van der Waals surface area (Å²) in [4.78, 5) is 12.6. The van der Waals surface area contributed by atoms with Gasteiger partial charge in [-0.25, -0.2) is 22.7 Å². The molecule has 2 aliphatic heterocycles. The normalized spacial score (nSPS) is 28.6. The Kier molecular flexibility index (Phi) is 4.54. The summed E-state index contributed by atoms with van der Waals surface area (Å²) >= 11 is 0. The van der Waals surface area contributed by atoms with Crippen molar-refractivity contribution in [3.05, 3.63) is 18.0 Å². The number of nitrogens with zero attached hydrogens (tertiary/aromatic N) is 5. The highest BCUT2D eigenvalue weighted by Crippen LogP contribution is 2.44. The maximum absolute atomic E-state index is 12.0. The van der Waals surface area contributed by atoms with E-state index in [9.17, 15) is 8.42 Å². The van der Waals surface area contributed by atoms with Gasteiger partial charge in [-0.15, -0.1) is 0 Å². The summed E-state index contributed by atoms with van der Waals surface area (Å²) in [5.41, 5.74) is 6.56. The topological polar surface area (TPSA) is 95.7 Å². The van der Waals surface area contributed by atoms with Crippen molar-refractivity contribution >= 4 is 16.0 Å². The van der Waals surface area contributed by atoms with E-state index in [1.807, 2.05) is 14.1 Å². The number of nitrogens with two attached hydrogens (primary N) is 1. The van der Waals surface area contributed by atoms with Crippen LogP contribution in [0.15, 0.2) is 12.4 Å². The van der Waals surface area contributed by atoms with Gasteiger partial charge in [-0.3, -0.25) is 4.90 Å². The second-order valence-corrected chi connectivity index (χ2v) is 9.45. The van der Waals surface area contributed by atoms with Crippen molar-refractivity contribution in [3.8, 4) is 0 Å². The van der Waals surface area contributed by atoms with Crippen LogP contribution in [0.4, 0.5) is 5.95 Å². The molecule has 0 aromatic carbocycles. The summed E-state index contributed by atoms with van der Waals surface area (Å²) in [6.07, 6.45) is 4.83. The fourth-order valence-electron chi connectivity index (χ4n) is 4.17. The Bertz CT molecular complexity index is 692. The van der Waals surface area contributed by atoms with E-state index in [1.54, 1.807) is 16.7 Å². The van der Waals surface area contributed by atoms with E-state index >= 15 is 0 Å². The van der Waals surface area contributed by atoms with E-state index in [2.05, 4.69) is 19.8 Å². The SMILES string of the molecule is CN(C)C[C@]12CN(Cc3cnc(N)nc3)C[C@H]1CN(S(C)(=O)=O)C2. The van der Waals surface area contributed by atoms with Gasteiger partial charge in [0.2, 0.25) is 16.0 Å². The highest BCUT2D eigenvalue weighted by atomic mass is 32.2. The van der Waals surface area contributed by atoms with E-state index in [1.165, 1.54) is 6.26 Å². The van der Waals surface area contributed by atoms with Gasteiger partial charge in [-0.05, 0) is 20.0 Å². The molecular weight excluding hydrogens is 328 g/mol. The first kappa shape index (κ1) is 17.5.